The normalized spacial score (nSPS) is 11.5. The van der Waals surface area contributed by atoms with Gasteiger partial charge < -0.3 is 10.2 Å². The predicted octanol–water partition coefficient (Wildman–Crippen LogP) is 5.32. The number of benzene rings is 4. The highest BCUT2D eigenvalue weighted by Crippen LogP contribution is 2.17. The molecule has 182 valence electrons. The van der Waals surface area contributed by atoms with Gasteiger partial charge in [-0.25, -0.2) is 4.39 Å². The number of carbonyl (C=O) groups is 2. The molecule has 0 radical (unpaired) electrons. The second-order valence-electron chi connectivity index (χ2n) is 8.72. The zero-order valence-corrected chi connectivity index (χ0v) is 20.0. The third kappa shape index (κ3) is 7.12. The summed E-state index contributed by atoms with van der Waals surface area (Å²) in [6, 6.07) is 34.1. The number of nitrogens with one attached hydrogen (secondary N) is 1. The van der Waals surface area contributed by atoms with Gasteiger partial charge in [0.05, 0.1) is 6.42 Å². The Hall–Kier alpha value is -4.25. The van der Waals surface area contributed by atoms with E-state index in [0.717, 1.165) is 22.3 Å². The molecule has 1 N–H and O–H groups in total. The fourth-order valence-corrected chi connectivity index (χ4v) is 4.12. The fraction of sp³-hybridized carbons (Fsp3) is 0.161. The molecule has 0 fully saturated rings. The molecule has 0 heterocycles. The number of nitrogens with zero attached hydrogens (tertiary/aromatic N) is 1. The standard InChI is InChI=1S/C31H29FN2O2/c32-28-18-16-27(17-19-28)23-34(30(35)21-25-12-6-2-7-13-25)29(20-24-10-4-1-5-11-24)31(36)33-22-26-14-8-3-9-15-26/h1-19,29H,20-23H2,(H,33,36)/t29-/m1/s1. The summed E-state index contributed by atoms with van der Waals surface area (Å²) in [5, 5.41) is 3.02. The molecule has 4 aromatic carbocycles. The lowest BCUT2D eigenvalue weighted by atomic mass is 10.0. The molecule has 4 nitrogen and oxygen atoms in total. The summed E-state index contributed by atoms with van der Waals surface area (Å²) >= 11 is 0. The van der Waals surface area contributed by atoms with Crippen molar-refractivity contribution in [2.24, 2.45) is 0 Å². The van der Waals surface area contributed by atoms with E-state index in [9.17, 15) is 14.0 Å². The summed E-state index contributed by atoms with van der Waals surface area (Å²) in [6.07, 6.45) is 0.530. The summed E-state index contributed by atoms with van der Waals surface area (Å²) in [7, 11) is 0. The predicted molar refractivity (Wildman–Crippen MR) is 139 cm³/mol. The van der Waals surface area contributed by atoms with E-state index in [1.807, 2.05) is 91.0 Å². The van der Waals surface area contributed by atoms with Gasteiger partial charge in [-0.05, 0) is 34.4 Å². The first-order chi connectivity index (χ1) is 17.6. The van der Waals surface area contributed by atoms with E-state index in [-0.39, 0.29) is 30.6 Å². The molecule has 36 heavy (non-hydrogen) atoms. The molecule has 2 amide bonds. The second kappa shape index (κ2) is 12.5. The lowest BCUT2D eigenvalue weighted by molar-refractivity contribution is -0.140. The van der Waals surface area contributed by atoms with Crippen LogP contribution in [0.25, 0.3) is 0 Å². The van der Waals surface area contributed by atoms with Crippen molar-refractivity contribution in [3.63, 3.8) is 0 Å². The van der Waals surface area contributed by atoms with Crippen LogP contribution >= 0.6 is 0 Å². The van der Waals surface area contributed by atoms with Crippen LogP contribution in [0.5, 0.6) is 0 Å². The lowest BCUT2D eigenvalue weighted by Gasteiger charge is -2.31. The zero-order valence-electron chi connectivity index (χ0n) is 20.0. The van der Waals surface area contributed by atoms with Crippen LogP contribution in [-0.2, 0) is 35.5 Å². The van der Waals surface area contributed by atoms with Gasteiger partial charge in [0.1, 0.15) is 11.9 Å². The smallest absolute Gasteiger partial charge is 0.243 e. The van der Waals surface area contributed by atoms with E-state index in [1.54, 1.807) is 17.0 Å². The van der Waals surface area contributed by atoms with Crippen molar-refractivity contribution in [3.05, 3.63) is 143 Å². The fourth-order valence-electron chi connectivity index (χ4n) is 4.12. The minimum Gasteiger partial charge on any atom is -0.350 e. The first-order valence-electron chi connectivity index (χ1n) is 12.0. The lowest BCUT2D eigenvalue weighted by Crippen LogP contribution is -2.50. The number of rotatable bonds is 10. The average Bonchev–Trinajstić information content (AvgIpc) is 2.92. The summed E-state index contributed by atoms with van der Waals surface area (Å²) in [5.74, 6) is -0.741. The van der Waals surface area contributed by atoms with Crippen LogP contribution in [0, 0.1) is 5.82 Å². The van der Waals surface area contributed by atoms with Gasteiger partial charge in [0.2, 0.25) is 11.8 Å². The third-order valence-electron chi connectivity index (χ3n) is 6.05. The summed E-state index contributed by atoms with van der Waals surface area (Å²) in [6.45, 7) is 0.560. The third-order valence-corrected chi connectivity index (χ3v) is 6.05. The van der Waals surface area contributed by atoms with Crippen molar-refractivity contribution in [1.29, 1.82) is 0 Å². The van der Waals surface area contributed by atoms with E-state index in [4.69, 9.17) is 0 Å². The van der Waals surface area contributed by atoms with Gasteiger partial charge >= 0.3 is 0 Å². The molecule has 0 aliphatic carbocycles. The molecule has 0 unspecified atom stereocenters. The molecule has 1 atom stereocenters. The van der Waals surface area contributed by atoms with E-state index in [0.29, 0.717) is 13.0 Å². The topological polar surface area (TPSA) is 49.4 Å². The SMILES string of the molecule is O=C(NCc1ccccc1)[C@@H](Cc1ccccc1)N(Cc1ccc(F)cc1)C(=O)Cc1ccccc1. The molecule has 0 saturated carbocycles. The summed E-state index contributed by atoms with van der Waals surface area (Å²) in [5.41, 5.74) is 3.56. The highest BCUT2D eigenvalue weighted by molar-refractivity contribution is 5.88. The molecular weight excluding hydrogens is 451 g/mol. The average molecular weight is 481 g/mol. The Labute approximate surface area is 211 Å². The van der Waals surface area contributed by atoms with Crippen LogP contribution in [-0.4, -0.2) is 22.8 Å². The molecule has 0 aromatic heterocycles. The monoisotopic (exact) mass is 480 g/mol. The molecule has 0 saturated heterocycles. The number of amides is 2. The van der Waals surface area contributed by atoms with Crippen LogP contribution in [0.3, 0.4) is 0 Å². The van der Waals surface area contributed by atoms with Crippen molar-refractivity contribution in [3.8, 4) is 0 Å². The van der Waals surface area contributed by atoms with Gasteiger partial charge in [0, 0.05) is 19.5 Å². The van der Waals surface area contributed by atoms with Gasteiger partial charge in [0.15, 0.2) is 0 Å². The maximum absolute atomic E-state index is 13.7. The molecular formula is C31H29FN2O2. The van der Waals surface area contributed by atoms with Crippen LogP contribution in [0.2, 0.25) is 0 Å². The number of halogens is 1. The molecule has 0 spiro atoms. The Kier molecular flexibility index (Phi) is 8.60. The number of hydrogen-bond acceptors (Lipinski definition) is 2. The van der Waals surface area contributed by atoms with Crippen molar-refractivity contribution in [2.75, 3.05) is 0 Å². The van der Waals surface area contributed by atoms with Gasteiger partial charge in [-0.2, -0.15) is 0 Å². The first-order valence-corrected chi connectivity index (χ1v) is 12.0. The Morgan fingerprint density at radius 3 is 1.78 bits per heavy atom. The number of carbonyl (C=O) groups excluding carboxylic acids is 2. The van der Waals surface area contributed by atoms with Crippen molar-refractivity contribution >= 4 is 11.8 Å². The number of hydrogen-bond donors (Lipinski definition) is 1. The second-order valence-corrected chi connectivity index (χ2v) is 8.72. The molecule has 0 aliphatic rings. The Morgan fingerprint density at radius 1 is 0.667 bits per heavy atom. The minimum atomic E-state index is -0.739. The summed E-state index contributed by atoms with van der Waals surface area (Å²) < 4.78 is 13.6. The van der Waals surface area contributed by atoms with Gasteiger partial charge in [-0.3, -0.25) is 9.59 Å². The Morgan fingerprint density at radius 2 is 1.19 bits per heavy atom. The Bertz CT molecular complexity index is 1250. The highest BCUT2D eigenvalue weighted by Gasteiger charge is 2.30. The molecule has 0 bridgehead atoms. The Balaban J connectivity index is 1.63. The maximum atomic E-state index is 13.7. The van der Waals surface area contributed by atoms with Crippen LogP contribution < -0.4 is 5.32 Å². The highest BCUT2D eigenvalue weighted by atomic mass is 19.1. The van der Waals surface area contributed by atoms with Crippen LogP contribution in [0.4, 0.5) is 4.39 Å². The zero-order chi connectivity index (χ0) is 25.2. The van der Waals surface area contributed by atoms with Gasteiger partial charge in [-0.15, -0.1) is 0 Å². The van der Waals surface area contributed by atoms with Gasteiger partial charge in [0.25, 0.3) is 0 Å². The largest absolute Gasteiger partial charge is 0.350 e. The maximum Gasteiger partial charge on any atom is 0.243 e. The summed E-state index contributed by atoms with van der Waals surface area (Å²) in [4.78, 5) is 28.9. The van der Waals surface area contributed by atoms with E-state index >= 15 is 0 Å². The quantitative estimate of drug-likeness (QED) is 0.334. The van der Waals surface area contributed by atoms with E-state index in [2.05, 4.69) is 5.32 Å². The van der Waals surface area contributed by atoms with Crippen molar-refractivity contribution < 1.29 is 14.0 Å². The van der Waals surface area contributed by atoms with Crippen LogP contribution in [0.1, 0.15) is 22.3 Å². The molecule has 5 heteroatoms. The van der Waals surface area contributed by atoms with Crippen molar-refractivity contribution in [1.82, 2.24) is 10.2 Å². The molecule has 4 aromatic rings. The van der Waals surface area contributed by atoms with Gasteiger partial charge in [-0.1, -0.05) is 103 Å². The molecule has 0 aliphatic heterocycles. The van der Waals surface area contributed by atoms with E-state index < -0.39 is 6.04 Å². The first kappa shape index (κ1) is 24.9. The van der Waals surface area contributed by atoms with Crippen molar-refractivity contribution in [2.45, 2.75) is 32.0 Å². The minimum absolute atomic E-state index is 0.165. The molecule has 4 rings (SSSR count). The van der Waals surface area contributed by atoms with E-state index in [1.165, 1.54) is 12.1 Å². The van der Waals surface area contributed by atoms with Crippen LogP contribution in [0.15, 0.2) is 115 Å².